The summed E-state index contributed by atoms with van der Waals surface area (Å²) in [7, 11) is 0. The van der Waals surface area contributed by atoms with Gasteiger partial charge in [0, 0.05) is 5.02 Å². The van der Waals surface area contributed by atoms with Crippen molar-refractivity contribution in [1.29, 1.82) is 0 Å². The highest BCUT2D eigenvalue weighted by atomic mass is 35.5. The van der Waals surface area contributed by atoms with Crippen LogP contribution in [0.15, 0.2) is 48.5 Å². The molecule has 22 heavy (non-hydrogen) atoms. The first-order valence-corrected chi connectivity index (χ1v) is 7.25. The second kappa shape index (κ2) is 6.90. The van der Waals surface area contributed by atoms with Gasteiger partial charge in [0.25, 0.3) is 0 Å². The van der Waals surface area contributed by atoms with Crippen LogP contribution in [0.1, 0.15) is 18.1 Å². The average molecular weight is 322 g/mol. The molecule has 2 N–H and O–H groups in total. The molecule has 0 fully saturated rings. The summed E-state index contributed by atoms with van der Waals surface area (Å²) < 4.78 is 12.9. The van der Waals surface area contributed by atoms with Gasteiger partial charge in [-0.05, 0) is 36.2 Å². The van der Waals surface area contributed by atoms with Gasteiger partial charge < -0.3 is 10.4 Å². The summed E-state index contributed by atoms with van der Waals surface area (Å²) in [5.74, 6) is -0.613. The first kappa shape index (κ1) is 16.5. The molecule has 2 rings (SSSR count). The lowest BCUT2D eigenvalue weighted by molar-refractivity contribution is -0.121. The fraction of sp³-hybridized carbons (Fsp3) is 0.235. The first-order valence-electron chi connectivity index (χ1n) is 6.87. The molecule has 0 heterocycles. The van der Waals surface area contributed by atoms with E-state index in [9.17, 15) is 14.3 Å². The van der Waals surface area contributed by atoms with Gasteiger partial charge in [-0.2, -0.15) is 0 Å². The van der Waals surface area contributed by atoms with Gasteiger partial charge in [0.05, 0.1) is 13.0 Å². The van der Waals surface area contributed by atoms with E-state index in [1.165, 1.54) is 24.3 Å². The van der Waals surface area contributed by atoms with E-state index in [0.717, 1.165) is 5.56 Å². The molecule has 0 spiro atoms. The number of halogens is 2. The Morgan fingerprint density at radius 2 is 1.86 bits per heavy atom. The molecular formula is C17H17ClFNO2. The fourth-order valence-corrected chi connectivity index (χ4v) is 2.26. The van der Waals surface area contributed by atoms with Gasteiger partial charge in [-0.1, -0.05) is 41.9 Å². The normalized spacial score (nSPS) is 13.5. The number of nitrogens with one attached hydrogen (secondary N) is 1. The molecule has 1 atom stereocenters. The summed E-state index contributed by atoms with van der Waals surface area (Å²) >= 11 is 6.00. The fourth-order valence-electron chi connectivity index (χ4n) is 2.06. The molecule has 0 aromatic heterocycles. The van der Waals surface area contributed by atoms with E-state index >= 15 is 0 Å². The van der Waals surface area contributed by atoms with Crippen LogP contribution in [0.3, 0.4) is 0 Å². The summed E-state index contributed by atoms with van der Waals surface area (Å²) in [6, 6.07) is 12.6. The highest BCUT2D eigenvalue weighted by Gasteiger charge is 2.23. The lowest BCUT2D eigenvalue weighted by Gasteiger charge is -2.24. The molecule has 0 saturated carbocycles. The lowest BCUT2D eigenvalue weighted by atomic mass is 9.96. The summed E-state index contributed by atoms with van der Waals surface area (Å²) in [4.78, 5) is 12.0. The average Bonchev–Trinajstić information content (AvgIpc) is 2.48. The Labute approximate surface area is 133 Å². The number of benzene rings is 2. The first-order chi connectivity index (χ1) is 10.4. The molecule has 0 bridgehead atoms. The maximum Gasteiger partial charge on any atom is 0.224 e. The number of hydrogen-bond acceptors (Lipinski definition) is 2. The van der Waals surface area contributed by atoms with Crippen molar-refractivity contribution in [3.8, 4) is 0 Å². The Balaban J connectivity index is 1.95. The van der Waals surface area contributed by atoms with Crippen LogP contribution < -0.4 is 5.32 Å². The van der Waals surface area contributed by atoms with Crippen molar-refractivity contribution in [2.45, 2.75) is 18.9 Å². The Hall–Kier alpha value is -1.91. The quantitative estimate of drug-likeness (QED) is 0.889. The van der Waals surface area contributed by atoms with E-state index < -0.39 is 5.60 Å². The largest absolute Gasteiger partial charge is 0.384 e. The lowest BCUT2D eigenvalue weighted by Crippen LogP contribution is -2.39. The molecule has 0 saturated heterocycles. The second-order valence-electron chi connectivity index (χ2n) is 5.33. The molecule has 0 aliphatic carbocycles. The maximum atomic E-state index is 12.9. The molecule has 0 radical (unpaired) electrons. The zero-order valence-electron chi connectivity index (χ0n) is 12.1. The predicted molar refractivity (Wildman–Crippen MR) is 84.1 cm³/mol. The van der Waals surface area contributed by atoms with Crippen LogP contribution in [0.25, 0.3) is 0 Å². The zero-order chi connectivity index (χ0) is 16.2. The molecule has 2 aromatic carbocycles. The Bertz CT molecular complexity index is 656. The molecule has 1 unspecified atom stereocenters. The summed E-state index contributed by atoms with van der Waals surface area (Å²) in [6.07, 6.45) is 0.138. The van der Waals surface area contributed by atoms with E-state index in [1.54, 1.807) is 25.1 Å². The Morgan fingerprint density at radius 1 is 1.23 bits per heavy atom. The van der Waals surface area contributed by atoms with Crippen LogP contribution in [0.2, 0.25) is 5.02 Å². The van der Waals surface area contributed by atoms with E-state index in [2.05, 4.69) is 5.32 Å². The number of carbonyl (C=O) groups is 1. The van der Waals surface area contributed by atoms with Gasteiger partial charge in [0.1, 0.15) is 11.4 Å². The molecule has 1 amide bonds. The minimum Gasteiger partial charge on any atom is -0.384 e. The Kier molecular flexibility index (Phi) is 5.16. The highest BCUT2D eigenvalue weighted by molar-refractivity contribution is 6.31. The third kappa shape index (κ3) is 4.29. The maximum absolute atomic E-state index is 12.9. The molecule has 0 aliphatic heterocycles. The third-order valence-electron chi connectivity index (χ3n) is 3.40. The molecule has 0 aliphatic rings. The number of hydrogen-bond donors (Lipinski definition) is 2. The second-order valence-corrected chi connectivity index (χ2v) is 5.73. The number of rotatable bonds is 5. The highest BCUT2D eigenvalue weighted by Crippen LogP contribution is 2.20. The van der Waals surface area contributed by atoms with Crippen LogP contribution in [0.4, 0.5) is 4.39 Å². The number of amides is 1. The topological polar surface area (TPSA) is 49.3 Å². The summed E-state index contributed by atoms with van der Waals surface area (Å²) in [6.45, 7) is 1.60. The molecule has 5 heteroatoms. The van der Waals surface area contributed by atoms with E-state index in [1.807, 2.05) is 6.07 Å². The SMILES string of the molecule is CC(O)(CNC(=O)Cc1ccccc1Cl)c1ccc(F)cc1. The van der Waals surface area contributed by atoms with E-state index in [4.69, 9.17) is 11.6 Å². The van der Waals surface area contributed by atoms with Gasteiger partial charge >= 0.3 is 0 Å². The predicted octanol–water partition coefficient (Wildman–Crippen LogP) is 3.05. The number of aliphatic hydroxyl groups is 1. The van der Waals surface area contributed by atoms with E-state index in [0.29, 0.717) is 10.6 Å². The summed E-state index contributed by atoms with van der Waals surface area (Å²) in [5.41, 5.74) is -0.0147. The van der Waals surface area contributed by atoms with Gasteiger partial charge in [0.2, 0.25) is 5.91 Å². The molecule has 3 nitrogen and oxygen atoms in total. The van der Waals surface area contributed by atoms with Gasteiger partial charge in [-0.25, -0.2) is 4.39 Å². The monoisotopic (exact) mass is 321 g/mol. The van der Waals surface area contributed by atoms with Crippen molar-refractivity contribution >= 4 is 17.5 Å². The Morgan fingerprint density at radius 3 is 2.50 bits per heavy atom. The van der Waals surface area contributed by atoms with Crippen LogP contribution >= 0.6 is 11.6 Å². The minimum absolute atomic E-state index is 0.0297. The van der Waals surface area contributed by atoms with Crippen molar-refractivity contribution in [3.05, 3.63) is 70.5 Å². The van der Waals surface area contributed by atoms with Gasteiger partial charge in [-0.15, -0.1) is 0 Å². The molecule has 2 aromatic rings. The minimum atomic E-state index is -1.27. The van der Waals surface area contributed by atoms with Crippen LogP contribution in [0.5, 0.6) is 0 Å². The molecule has 116 valence electrons. The van der Waals surface area contributed by atoms with Crippen molar-refractivity contribution in [1.82, 2.24) is 5.32 Å². The van der Waals surface area contributed by atoms with Crippen molar-refractivity contribution in [2.75, 3.05) is 6.54 Å². The smallest absolute Gasteiger partial charge is 0.224 e. The van der Waals surface area contributed by atoms with Crippen molar-refractivity contribution in [3.63, 3.8) is 0 Å². The van der Waals surface area contributed by atoms with Crippen LogP contribution in [0, 0.1) is 5.82 Å². The van der Waals surface area contributed by atoms with Gasteiger partial charge in [0.15, 0.2) is 0 Å². The number of carbonyl (C=O) groups excluding carboxylic acids is 1. The van der Waals surface area contributed by atoms with E-state index in [-0.39, 0.29) is 24.7 Å². The molecular weight excluding hydrogens is 305 g/mol. The van der Waals surface area contributed by atoms with Crippen LogP contribution in [-0.4, -0.2) is 17.6 Å². The zero-order valence-corrected chi connectivity index (χ0v) is 12.9. The van der Waals surface area contributed by atoms with Crippen molar-refractivity contribution < 1.29 is 14.3 Å². The van der Waals surface area contributed by atoms with Crippen molar-refractivity contribution in [2.24, 2.45) is 0 Å². The summed E-state index contributed by atoms with van der Waals surface area (Å²) in [5, 5.41) is 13.6. The third-order valence-corrected chi connectivity index (χ3v) is 3.77. The van der Waals surface area contributed by atoms with Crippen LogP contribution in [-0.2, 0) is 16.8 Å². The standard InChI is InChI=1S/C17H17ClFNO2/c1-17(22,13-6-8-14(19)9-7-13)11-20-16(21)10-12-4-2-3-5-15(12)18/h2-9,22H,10-11H2,1H3,(H,20,21). The van der Waals surface area contributed by atoms with Gasteiger partial charge in [-0.3, -0.25) is 4.79 Å².